The molecule has 46 heavy (non-hydrogen) atoms. The van der Waals surface area contributed by atoms with Crippen molar-refractivity contribution >= 4 is 35.1 Å². The molecule has 3 fully saturated rings. The van der Waals surface area contributed by atoms with Gasteiger partial charge < -0.3 is 9.80 Å². The number of likely N-dealkylation sites (tertiary alicyclic amines) is 1. The number of alkyl halides is 15. The van der Waals surface area contributed by atoms with Crippen LogP contribution in [0.4, 0.5) is 76.3 Å². The van der Waals surface area contributed by atoms with E-state index in [2.05, 4.69) is 0 Å². The minimum absolute atomic E-state index is 0.0499. The molecule has 0 N–H and O–H groups in total. The maximum Gasteiger partial charge on any atom is 0.460 e. The first-order valence-corrected chi connectivity index (χ1v) is 12.5. The minimum atomic E-state index is -8.57. The zero-order chi connectivity index (χ0) is 35.5. The van der Waals surface area contributed by atoms with E-state index in [4.69, 9.17) is 16.9 Å². The van der Waals surface area contributed by atoms with Crippen molar-refractivity contribution in [3.05, 3.63) is 28.3 Å². The number of imide groups is 1. The molecule has 0 saturated carbocycles. The van der Waals surface area contributed by atoms with Gasteiger partial charge in [-0.15, -0.1) is 0 Å². The molecule has 3 aliphatic rings. The van der Waals surface area contributed by atoms with Crippen molar-refractivity contribution in [3.8, 4) is 6.07 Å². The van der Waals surface area contributed by atoms with E-state index in [1.54, 1.807) is 6.07 Å². The highest BCUT2D eigenvalue weighted by Crippen LogP contribution is 2.62. The van der Waals surface area contributed by atoms with Crippen LogP contribution in [-0.2, 0) is 9.59 Å². The van der Waals surface area contributed by atoms with Crippen LogP contribution in [0, 0.1) is 18.3 Å². The SMILES string of the molecule is Cc1c(N2C(=O)[C@H]3C4CC(CN4C(=O)C(F)(F)C(F)(F)C(F)(F)C(F)(F)C(F)(F)C(F)(F)C(F)(F)F)N3C2=O)ccc(C#N)c1Cl. The van der Waals surface area contributed by atoms with Gasteiger partial charge in [0.1, 0.15) is 12.1 Å². The predicted octanol–water partition coefficient (Wildman–Crippen LogP) is 6.01. The molecule has 2 bridgehead atoms. The second kappa shape index (κ2) is 9.93. The lowest BCUT2D eigenvalue weighted by Gasteiger charge is -2.42. The van der Waals surface area contributed by atoms with Crippen molar-refractivity contribution < 1.29 is 80.2 Å². The maximum atomic E-state index is 14.7. The van der Waals surface area contributed by atoms with E-state index < -0.39 is 95.5 Å². The number of nitriles is 1. The van der Waals surface area contributed by atoms with E-state index in [-0.39, 0.29) is 21.8 Å². The third-order valence-electron chi connectivity index (χ3n) is 7.84. The summed E-state index contributed by atoms with van der Waals surface area (Å²) < 4.78 is 204. The zero-order valence-electron chi connectivity index (χ0n) is 21.9. The van der Waals surface area contributed by atoms with Gasteiger partial charge >= 0.3 is 47.7 Å². The van der Waals surface area contributed by atoms with E-state index in [1.807, 2.05) is 0 Å². The standard InChI is InChI=1S/C23H12ClF15N4O3/c1-7-10(3-2-8(5-40)12(7)24)43-14(44)13-11-4-9(42(13)16(43)46)6-41(11)15(45)17(25,26)18(27,28)19(29,30)20(31,32)21(33,34)22(35,36)23(37,38)39/h2-3,9,11,13H,4,6H2,1H3/t9?,11?,13-/m1/s1. The van der Waals surface area contributed by atoms with Crippen molar-refractivity contribution in [2.45, 2.75) is 73.2 Å². The van der Waals surface area contributed by atoms with E-state index in [0.717, 1.165) is 12.1 Å². The highest BCUT2D eigenvalue weighted by molar-refractivity contribution is 6.33. The highest BCUT2D eigenvalue weighted by atomic mass is 35.5. The first-order valence-electron chi connectivity index (χ1n) is 12.1. The molecule has 3 atom stereocenters. The Hall–Kier alpha value is -3.64. The summed E-state index contributed by atoms with van der Waals surface area (Å²) in [4.78, 5) is 39.4. The van der Waals surface area contributed by atoms with Gasteiger partial charge in [-0.25, -0.2) is 9.69 Å². The first kappa shape index (κ1) is 35.2. The molecular formula is C23H12ClF15N4O3. The molecule has 4 amide bonds. The van der Waals surface area contributed by atoms with Gasteiger partial charge in [-0.2, -0.15) is 71.1 Å². The Labute approximate surface area is 250 Å². The summed E-state index contributed by atoms with van der Waals surface area (Å²) in [5, 5.41) is 8.83. The number of carbonyl (C=O) groups is 3. The molecule has 0 radical (unpaired) electrons. The molecule has 2 unspecified atom stereocenters. The summed E-state index contributed by atoms with van der Waals surface area (Å²) >= 11 is 6.01. The van der Waals surface area contributed by atoms with Gasteiger partial charge in [0.25, 0.3) is 11.8 Å². The van der Waals surface area contributed by atoms with Crippen LogP contribution < -0.4 is 4.90 Å². The van der Waals surface area contributed by atoms with E-state index >= 15 is 0 Å². The average molecular weight is 713 g/mol. The highest BCUT2D eigenvalue weighted by Gasteiger charge is 2.94. The van der Waals surface area contributed by atoms with Gasteiger partial charge in [-0.05, 0) is 31.0 Å². The quantitative estimate of drug-likeness (QED) is 0.256. The fraction of sp³-hybridized carbons (Fsp3) is 0.565. The van der Waals surface area contributed by atoms with Crippen molar-refractivity contribution in [2.75, 3.05) is 11.4 Å². The van der Waals surface area contributed by atoms with Crippen LogP contribution in [0.3, 0.4) is 0 Å². The Morgan fingerprint density at radius 3 is 1.85 bits per heavy atom. The number of rotatable bonds is 7. The van der Waals surface area contributed by atoms with Crippen LogP contribution >= 0.6 is 11.6 Å². The molecule has 23 heteroatoms. The molecule has 1 aromatic carbocycles. The van der Waals surface area contributed by atoms with Crippen LogP contribution in [0.1, 0.15) is 17.5 Å². The maximum absolute atomic E-state index is 14.7. The summed E-state index contributed by atoms with van der Waals surface area (Å²) in [6.45, 7) is -0.0183. The summed E-state index contributed by atoms with van der Waals surface area (Å²) in [5.74, 6) is -53.8. The Bertz CT molecular complexity index is 1560. The van der Waals surface area contributed by atoms with Crippen LogP contribution in [0.2, 0.25) is 5.02 Å². The number of nitrogens with zero attached hydrogens (tertiary/aromatic N) is 4. The molecule has 3 saturated heterocycles. The van der Waals surface area contributed by atoms with Gasteiger partial charge in [0.15, 0.2) is 0 Å². The van der Waals surface area contributed by atoms with E-state index in [1.165, 1.54) is 6.92 Å². The molecular weight excluding hydrogens is 701 g/mol. The second-order valence-corrected chi connectivity index (χ2v) is 10.7. The monoisotopic (exact) mass is 712 g/mol. The molecule has 0 aromatic heterocycles. The minimum Gasteiger partial charge on any atom is -0.330 e. The summed E-state index contributed by atoms with van der Waals surface area (Å²) in [7, 11) is 0. The lowest BCUT2D eigenvalue weighted by molar-refractivity contribution is -0.450. The number of hydrogen-bond acceptors (Lipinski definition) is 4. The van der Waals surface area contributed by atoms with Crippen molar-refractivity contribution in [1.82, 2.24) is 9.80 Å². The lowest BCUT2D eigenvalue weighted by Crippen LogP contribution is -2.74. The number of hydrogen-bond donors (Lipinski definition) is 0. The Morgan fingerprint density at radius 2 is 1.35 bits per heavy atom. The van der Waals surface area contributed by atoms with Crippen LogP contribution in [-0.4, -0.2) is 94.0 Å². The molecule has 1 aromatic rings. The summed E-state index contributed by atoms with van der Waals surface area (Å²) in [5.41, 5.74) is -0.447. The predicted molar refractivity (Wildman–Crippen MR) is 119 cm³/mol. The van der Waals surface area contributed by atoms with E-state index in [9.17, 15) is 80.2 Å². The molecule has 3 aliphatic heterocycles. The lowest BCUT2D eigenvalue weighted by atomic mass is 9.90. The number of piperazine rings is 1. The largest absolute Gasteiger partial charge is 0.460 e. The Morgan fingerprint density at radius 1 is 0.848 bits per heavy atom. The molecule has 3 heterocycles. The smallest absolute Gasteiger partial charge is 0.330 e. The number of anilines is 1. The number of urea groups is 1. The topological polar surface area (TPSA) is 84.7 Å². The average Bonchev–Trinajstić information content (AvgIpc) is 3.60. The zero-order valence-corrected chi connectivity index (χ0v) is 22.6. The van der Waals surface area contributed by atoms with Gasteiger partial charge in [-0.1, -0.05) is 11.6 Å². The van der Waals surface area contributed by atoms with Gasteiger partial charge in [0.2, 0.25) is 0 Å². The van der Waals surface area contributed by atoms with Crippen molar-refractivity contribution in [3.63, 3.8) is 0 Å². The van der Waals surface area contributed by atoms with Crippen LogP contribution in [0.25, 0.3) is 0 Å². The van der Waals surface area contributed by atoms with Gasteiger partial charge in [0, 0.05) is 6.54 Å². The van der Waals surface area contributed by atoms with Crippen LogP contribution in [0.15, 0.2) is 12.1 Å². The van der Waals surface area contributed by atoms with Crippen molar-refractivity contribution in [2.24, 2.45) is 0 Å². The number of amides is 4. The Balaban J connectivity index is 1.67. The fourth-order valence-corrected chi connectivity index (χ4v) is 5.60. The number of benzene rings is 1. The van der Waals surface area contributed by atoms with Crippen LogP contribution in [0.5, 0.6) is 0 Å². The van der Waals surface area contributed by atoms with Gasteiger partial charge in [-0.3, -0.25) is 9.59 Å². The molecule has 0 aliphatic carbocycles. The fourth-order valence-electron chi connectivity index (χ4n) is 5.40. The number of fused-ring (bicyclic) bond motifs is 5. The first-order chi connectivity index (χ1) is 20.6. The Kier molecular flexibility index (Phi) is 7.60. The second-order valence-electron chi connectivity index (χ2n) is 10.3. The summed E-state index contributed by atoms with van der Waals surface area (Å²) in [6, 6.07) is -2.92. The van der Waals surface area contributed by atoms with E-state index in [0.29, 0.717) is 9.80 Å². The third-order valence-corrected chi connectivity index (χ3v) is 8.33. The number of carbonyl (C=O) groups excluding carboxylic acids is 3. The molecule has 4 rings (SSSR count). The normalized spacial score (nSPS) is 23.0. The third kappa shape index (κ3) is 4.11. The molecule has 7 nitrogen and oxygen atoms in total. The number of halogens is 16. The summed E-state index contributed by atoms with van der Waals surface area (Å²) in [6.07, 6.45) is -8.44. The molecule has 0 spiro atoms. The van der Waals surface area contributed by atoms with Crippen molar-refractivity contribution in [1.29, 1.82) is 5.26 Å². The molecule has 254 valence electrons. The van der Waals surface area contributed by atoms with Gasteiger partial charge in [0.05, 0.1) is 28.4 Å².